The highest BCUT2D eigenvalue weighted by molar-refractivity contribution is 5.47. The van der Waals surface area contributed by atoms with Gasteiger partial charge in [-0.25, -0.2) is 0 Å². The monoisotopic (exact) mass is 151 g/mol. The fourth-order valence-corrected chi connectivity index (χ4v) is 0.739. The van der Waals surface area contributed by atoms with Crippen LogP contribution in [-0.4, -0.2) is 16.7 Å². The molecule has 0 fully saturated rings. The Morgan fingerprint density at radius 2 is 2.45 bits per heavy atom. The number of rotatable bonds is 2. The van der Waals surface area contributed by atoms with E-state index in [-0.39, 0.29) is 12.0 Å². The number of aromatic amines is 1. The molecule has 0 aliphatic carbocycles. The molecule has 0 spiro atoms. The summed E-state index contributed by atoms with van der Waals surface area (Å²) in [6.07, 6.45) is 6.26. The lowest BCUT2D eigenvalue weighted by molar-refractivity contribution is 0.343. The number of nitrogens with one attached hydrogen (secondary N) is 1. The van der Waals surface area contributed by atoms with Crippen LogP contribution < -0.4 is 5.43 Å². The number of hydrogen-bond acceptors (Lipinski definition) is 2. The maximum absolute atomic E-state index is 11.0. The van der Waals surface area contributed by atoms with Gasteiger partial charge in [0.1, 0.15) is 0 Å². The number of aliphatic hydroxyl groups excluding tert-OH is 1. The summed E-state index contributed by atoms with van der Waals surface area (Å²) in [5.41, 5.74) is 0.509. The molecule has 1 aromatic rings. The Morgan fingerprint density at radius 3 is 3.09 bits per heavy atom. The lowest BCUT2D eigenvalue weighted by atomic mass is 10.2. The molecule has 0 unspecified atom stereocenters. The average Bonchev–Trinajstić information content (AvgIpc) is 2.03. The third-order valence-electron chi connectivity index (χ3n) is 1.26. The first-order valence-corrected chi connectivity index (χ1v) is 3.29. The topological polar surface area (TPSA) is 53.1 Å². The molecule has 0 radical (unpaired) electrons. The van der Waals surface area contributed by atoms with Crippen molar-refractivity contribution in [2.45, 2.75) is 0 Å². The van der Waals surface area contributed by atoms with Gasteiger partial charge in [0.2, 0.25) is 0 Å². The number of pyridine rings is 1. The highest BCUT2D eigenvalue weighted by Crippen LogP contribution is 1.90. The van der Waals surface area contributed by atoms with E-state index >= 15 is 0 Å². The lowest BCUT2D eigenvalue weighted by Gasteiger charge is -1.88. The fraction of sp³-hybridized carbons (Fsp3) is 0.125. The van der Waals surface area contributed by atoms with E-state index in [4.69, 9.17) is 5.11 Å². The third kappa shape index (κ3) is 2.05. The van der Waals surface area contributed by atoms with Crippen molar-refractivity contribution in [1.82, 2.24) is 4.98 Å². The quantitative estimate of drug-likeness (QED) is 0.642. The highest BCUT2D eigenvalue weighted by Gasteiger charge is 1.89. The largest absolute Gasteiger partial charge is 0.392 e. The van der Waals surface area contributed by atoms with Crippen molar-refractivity contribution in [3.05, 3.63) is 40.3 Å². The molecular formula is C8H9NO2. The molecule has 0 bridgehead atoms. The van der Waals surface area contributed by atoms with Gasteiger partial charge in [0.05, 0.1) is 6.61 Å². The van der Waals surface area contributed by atoms with Crippen molar-refractivity contribution < 1.29 is 5.11 Å². The number of aliphatic hydroxyl groups is 1. The first-order chi connectivity index (χ1) is 5.34. The predicted octanol–water partition coefficient (Wildman–Crippen LogP) is 0.380. The van der Waals surface area contributed by atoms with Gasteiger partial charge in [-0.3, -0.25) is 4.79 Å². The van der Waals surface area contributed by atoms with Gasteiger partial charge in [-0.2, -0.15) is 0 Å². The van der Waals surface area contributed by atoms with E-state index in [0.29, 0.717) is 5.56 Å². The SMILES string of the molecule is O=c1cc[nH]cc1C=CCO. The second-order valence-electron chi connectivity index (χ2n) is 2.05. The van der Waals surface area contributed by atoms with E-state index in [9.17, 15) is 4.79 Å². The first-order valence-electron chi connectivity index (χ1n) is 3.29. The summed E-state index contributed by atoms with van der Waals surface area (Å²) in [5, 5.41) is 8.42. The molecule has 0 atom stereocenters. The summed E-state index contributed by atoms with van der Waals surface area (Å²) in [7, 11) is 0. The van der Waals surface area contributed by atoms with Crippen molar-refractivity contribution in [3.63, 3.8) is 0 Å². The molecular weight excluding hydrogens is 142 g/mol. The molecule has 58 valence electrons. The predicted molar refractivity (Wildman–Crippen MR) is 43.2 cm³/mol. The minimum Gasteiger partial charge on any atom is -0.392 e. The van der Waals surface area contributed by atoms with Crippen LogP contribution in [0.2, 0.25) is 0 Å². The zero-order valence-corrected chi connectivity index (χ0v) is 5.95. The van der Waals surface area contributed by atoms with Crippen LogP contribution in [0.15, 0.2) is 29.3 Å². The summed E-state index contributed by atoms with van der Waals surface area (Å²) in [4.78, 5) is 13.7. The molecule has 1 rings (SSSR count). The van der Waals surface area contributed by atoms with Gasteiger partial charge in [0, 0.05) is 24.0 Å². The van der Waals surface area contributed by atoms with Gasteiger partial charge in [0.15, 0.2) is 5.43 Å². The van der Waals surface area contributed by atoms with Crippen molar-refractivity contribution in [3.8, 4) is 0 Å². The second-order valence-corrected chi connectivity index (χ2v) is 2.05. The van der Waals surface area contributed by atoms with Crippen LogP contribution in [0.3, 0.4) is 0 Å². The van der Waals surface area contributed by atoms with Crippen LogP contribution in [-0.2, 0) is 0 Å². The average molecular weight is 151 g/mol. The molecule has 0 amide bonds. The minimum absolute atomic E-state index is 0.0473. The van der Waals surface area contributed by atoms with Crippen LogP contribution in [0.1, 0.15) is 5.56 Å². The molecule has 2 N–H and O–H groups in total. The van der Waals surface area contributed by atoms with Gasteiger partial charge in [-0.1, -0.05) is 12.2 Å². The molecule has 1 heterocycles. The number of aromatic nitrogens is 1. The summed E-state index contributed by atoms with van der Waals surface area (Å²) in [6.45, 7) is -0.0473. The maximum atomic E-state index is 11.0. The molecule has 11 heavy (non-hydrogen) atoms. The van der Waals surface area contributed by atoms with Crippen molar-refractivity contribution in [1.29, 1.82) is 0 Å². The zero-order valence-electron chi connectivity index (χ0n) is 5.95. The normalized spacial score (nSPS) is 10.6. The van der Waals surface area contributed by atoms with Gasteiger partial charge < -0.3 is 10.1 Å². The van der Waals surface area contributed by atoms with Gasteiger partial charge >= 0.3 is 0 Å². The van der Waals surface area contributed by atoms with E-state index < -0.39 is 0 Å². The molecule has 1 aromatic heterocycles. The Bertz CT molecular complexity index is 301. The molecule has 3 nitrogen and oxygen atoms in total. The number of H-pyrrole nitrogens is 1. The maximum Gasteiger partial charge on any atom is 0.188 e. The second kappa shape index (κ2) is 3.73. The Kier molecular flexibility index (Phi) is 2.63. The summed E-state index contributed by atoms with van der Waals surface area (Å²) in [6, 6.07) is 1.44. The Labute approximate surface area is 64.0 Å². The lowest BCUT2D eigenvalue weighted by Crippen LogP contribution is -2.02. The Hall–Kier alpha value is -1.35. The van der Waals surface area contributed by atoms with Crippen LogP contribution in [0.4, 0.5) is 0 Å². The molecule has 0 saturated carbocycles. The minimum atomic E-state index is -0.0477. The van der Waals surface area contributed by atoms with E-state index in [1.165, 1.54) is 12.1 Å². The van der Waals surface area contributed by atoms with Crippen LogP contribution in [0, 0.1) is 0 Å². The standard InChI is InChI=1S/C8H9NO2/c10-5-1-2-7-6-9-4-3-8(7)11/h1-4,6,10H,5H2,(H,9,11). The number of hydrogen-bond donors (Lipinski definition) is 2. The summed E-state index contributed by atoms with van der Waals surface area (Å²) in [5.74, 6) is 0. The summed E-state index contributed by atoms with van der Waals surface area (Å²) < 4.78 is 0. The zero-order chi connectivity index (χ0) is 8.10. The Balaban J connectivity index is 2.95. The summed E-state index contributed by atoms with van der Waals surface area (Å²) >= 11 is 0. The fourth-order valence-electron chi connectivity index (χ4n) is 0.739. The molecule has 0 aliphatic heterocycles. The molecule has 0 saturated heterocycles. The van der Waals surface area contributed by atoms with Crippen molar-refractivity contribution >= 4 is 6.08 Å². The van der Waals surface area contributed by atoms with Crippen molar-refractivity contribution in [2.24, 2.45) is 0 Å². The van der Waals surface area contributed by atoms with Crippen LogP contribution >= 0.6 is 0 Å². The molecule has 3 heteroatoms. The van der Waals surface area contributed by atoms with Gasteiger partial charge in [-0.15, -0.1) is 0 Å². The third-order valence-corrected chi connectivity index (χ3v) is 1.26. The highest BCUT2D eigenvalue weighted by atomic mass is 16.2. The van der Waals surface area contributed by atoms with E-state index in [1.807, 2.05) is 0 Å². The van der Waals surface area contributed by atoms with Crippen LogP contribution in [0.5, 0.6) is 0 Å². The van der Waals surface area contributed by atoms with E-state index in [2.05, 4.69) is 4.98 Å². The van der Waals surface area contributed by atoms with Crippen LogP contribution in [0.25, 0.3) is 6.08 Å². The van der Waals surface area contributed by atoms with Gasteiger partial charge in [-0.05, 0) is 0 Å². The Morgan fingerprint density at radius 1 is 1.64 bits per heavy atom. The molecule has 0 aliphatic rings. The van der Waals surface area contributed by atoms with E-state index in [1.54, 1.807) is 18.5 Å². The van der Waals surface area contributed by atoms with Crippen molar-refractivity contribution in [2.75, 3.05) is 6.61 Å². The van der Waals surface area contributed by atoms with E-state index in [0.717, 1.165) is 0 Å². The van der Waals surface area contributed by atoms with Gasteiger partial charge in [0.25, 0.3) is 0 Å². The first kappa shape index (κ1) is 7.75. The molecule has 0 aromatic carbocycles. The smallest absolute Gasteiger partial charge is 0.188 e.